The minimum Gasteiger partial charge on any atom is -0.497 e. The van der Waals surface area contributed by atoms with Crippen LogP contribution in [0.3, 0.4) is 0 Å². The van der Waals surface area contributed by atoms with Crippen molar-refractivity contribution in [2.45, 2.75) is 12.7 Å². The number of nitrogens with one attached hydrogen (secondary N) is 1. The van der Waals surface area contributed by atoms with Crippen molar-refractivity contribution >= 4 is 11.6 Å². The number of furan rings is 1. The first kappa shape index (κ1) is 19.5. The van der Waals surface area contributed by atoms with Crippen molar-refractivity contribution in [1.29, 1.82) is 0 Å². The van der Waals surface area contributed by atoms with Crippen molar-refractivity contribution in [1.82, 2.24) is 19.9 Å². The Labute approximate surface area is 168 Å². The van der Waals surface area contributed by atoms with Gasteiger partial charge in [-0.2, -0.15) is 18.3 Å². The molecule has 0 aliphatic rings. The summed E-state index contributed by atoms with van der Waals surface area (Å²) < 4.78 is 51.5. The van der Waals surface area contributed by atoms with Gasteiger partial charge in [0.2, 0.25) is 0 Å². The van der Waals surface area contributed by atoms with Gasteiger partial charge in [0, 0.05) is 6.54 Å². The van der Waals surface area contributed by atoms with E-state index in [0.29, 0.717) is 10.3 Å². The van der Waals surface area contributed by atoms with E-state index in [1.165, 1.54) is 18.4 Å². The van der Waals surface area contributed by atoms with E-state index in [1.54, 1.807) is 31.4 Å². The van der Waals surface area contributed by atoms with Crippen LogP contribution in [0, 0.1) is 0 Å². The molecule has 4 aromatic rings. The van der Waals surface area contributed by atoms with Crippen molar-refractivity contribution < 1.29 is 27.1 Å². The topological polar surface area (TPSA) is 81.7 Å². The smallest absolute Gasteiger partial charge is 0.433 e. The van der Waals surface area contributed by atoms with Crippen LogP contribution in [0.15, 0.2) is 59.3 Å². The van der Waals surface area contributed by atoms with Crippen LogP contribution in [0.1, 0.15) is 21.6 Å². The van der Waals surface area contributed by atoms with E-state index in [1.807, 2.05) is 0 Å². The van der Waals surface area contributed by atoms with Crippen LogP contribution >= 0.6 is 0 Å². The Morgan fingerprint density at radius 2 is 2.00 bits per heavy atom. The van der Waals surface area contributed by atoms with Crippen LogP contribution in [0.4, 0.5) is 13.2 Å². The van der Waals surface area contributed by atoms with E-state index in [-0.39, 0.29) is 29.2 Å². The van der Waals surface area contributed by atoms with Gasteiger partial charge in [0.15, 0.2) is 17.1 Å². The van der Waals surface area contributed by atoms with Gasteiger partial charge in [-0.15, -0.1) is 0 Å². The Hall–Kier alpha value is -3.82. The average molecular weight is 416 g/mol. The summed E-state index contributed by atoms with van der Waals surface area (Å²) in [5, 5.41) is 6.40. The zero-order chi connectivity index (χ0) is 21.3. The molecule has 0 saturated carbocycles. The quantitative estimate of drug-likeness (QED) is 0.533. The number of hydrogen-bond donors (Lipinski definition) is 1. The lowest BCUT2D eigenvalue weighted by molar-refractivity contribution is -0.142. The molecule has 0 spiro atoms. The number of carbonyl (C=O) groups excluding carboxylic acids is 1. The summed E-state index contributed by atoms with van der Waals surface area (Å²) in [6.07, 6.45) is -2.31. The highest BCUT2D eigenvalue weighted by Crippen LogP contribution is 2.32. The minimum absolute atomic E-state index is 0.0514. The summed E-state index contributed by atoms with van der Waals surface area (Å²) in [5.41, 5.74) is -0.621. The first-order chi connectivity index (χ1) is 14.4. The molecule has 0 aliphatic heterocycles. The third-order valence-electron chi connectivity index (χ3n) is 4.39. The average Bonchev–Trinajstić information content (AvgIpc) is 3.41. The molecule has 3 aromatic heterocycles. The lowest BCUT2D eigenvalue weighted by Gasteiger charge is -2.11. The van der Waals surface area contributed by atoms with Crippen LogP contribution in [-0.2, 0) is 12.7 Å². The molecule has 10 heteroatoms. The number of benzene rings is 1. The van der Waals surface area contributed by atoms with E-state index < -0.39 is 17.8 Å². The Balaban J connectivity index is 1.68. The van der Waals surface area contributed by atoms with Crippen LogP contribution in [0.2, 0.25) is 0 Å². The maximum atomic E-state index is 13.6. The molecule has 0 unspecified atom stereocenters. The third kappa shape index (κ3) is 3.71. The fraction of sp³-hybridized carbons (Fsp3) is 0.150. The lowest BCUT2D eigenvalue weighted by Crippen LogP contribution is -2.23. The van der Waals surface area contributed by atoms with Crippen LogP contribution < -0.4 is 10.1 Å². The Morgan fingerprint density at radius 1 is 1.23 bits per heavy atom. The molecule has 0 fully saturated rings. The molecule has 154 valence electrons. The summed E-state index contributed by atoms with van der Waals surface area (Å²) in [7, 11) is 1.54. The number of hydrogen-bond acceptors (Lipinski definition) is 5. The fourth-order valence-electron chi connectivity index (χ4n) is 2.90. The molecule has 4 rings (SSSR count). The number of halogens is 3. The van der Waals surface area contributed by atoms with Gasteiger partial charge in [0.1, 0.15) is 17.0 Å². The number of ether oxygens (including phenoxy) is 1. The second-order valence-corrected chi connectivity index (χ2v) is 6.33. The van der Waals surface area contributed by atoms with Crippen molar-refractivity contribution in [2.24, 2.45) is 0 Å². The first-order valence-corrected chi connectivity index (χ1v) is 8.78. The second-order valence-electron chi connectivity index (χ2n) is 6.33. The highest BCUT2D eigenvalue weighted by molar-refractivity contribution is 5.99. The molecular formula is C20H15F3N4O3. The minimum atomic E-state index is -4.70. The van der Waals surface area contributed by atoms with Crippen LogP contribution in [-0.4, -0.2) is 27.6 Å². The normalized spacial score (nSPS) is 11.6. The van der Waals surface area contributed by atoms with Gasteiger partial charge in [0.25, 0.3) is 5.91 Å². The summed E-state index contributed by atoms with van der Waals surface area (Å²) in [4.78, 5) is 16.8. The molecule has 3 heterocycles. The number of carbonyl (C=O) groups is 1. The van der Waals surface area contributed by atoms with Crippen LogP contribution in [0.5, 0.6) is 5.75 Å². The Morgan fingerprint density at radius 3 is 2.63 bits per heavy atom. The van der Waals surface area contributed by atoms with Crippen molar-refractivity contribution in [3.05, 3.63) is 71.7 Å². The molecule has 30 heavy (non-hydrogen) atoms. The van der Waals surface area contributed by atoms with Crippen molar-refractivity contribution in [3.63, 3.8) is 0 Å². The number of methoxy groups -OCH3 is 1. The SMILES string of the molecule is COc1ccc(CNC(=O)c2cnn3c(C(F)(F)F)cc(-c4ccco4)nc23)cc1. The van der Waals surface area contributed by atoms with E-state index in [4.69, 9.17) is 9.15 Å². The number of fused-ring (bicyclic) bond motifs is 1. The van der Waals surface area contributed by atoms with Gasteiger partial charge in [-0.25, -0.2) is 9.50 Å². The monoisotopic (exact) mass is 416 g/mol. The molecular weight excluding hydrogens is 401 g/mol. The molecule has 1 amide bonds. The van der Waals surface area contributed by atoms with Crippen molar-refractivity contribution in [3.8, 4) is 17.2 Å². The highest BCUT2D eigenvalue weighted by atomic mass is 19.4. The van der Waals surface area contributed by atoms with Gasteiger partial charge >= 0.3 is 6.18 Å². The lowest BCUT2D eigenvalue weighted by atomic mass is 10.2. The molecule has 0 bridgehead atoms. The number of alkyl halides is 3. The maximum Gasteiger partial charge on any atom is 0.433 e. The zero-order valence-corrected chi connectivity index (χ0v) is 15.6. The largest absolute Gasteiger partial charge is 0.497 e. The number of rotatable bonds is 5. The highest BCUT2D eigenvalue weighted by Gasteiger charge is 2.36. The van der Waals surface area contributed by atoms with E-state index >= 15 is 0 Å². The predicted molar refractivity (Wildman–Crippen MR) is 99.9 cm³/mol. The molecule has 1 N–H and O–H groups in total. The Bertz CT molecular complexity index is 1180. The summed E-state index contributed by atoms with van der Waals surface area (Å²) >= 11 is 0. The molecule has 0 atom stereocenters. The van der Waals surface area contributed by atoms with Crippen LogP contribution in [0.25, 0.3) is 17.1 Å². The standard InChI is InChI=1S/C20H15F3N4O3/c1-29-13-6-4-12(5-7-13)10-24-19(28)14-11-25-27-17(20(21,22)23)9-15(26-18(14)27)16-3-2-8-30-16/h2-9,11H,10H2,1H3,(H,24,28). The fourth-order valence-corrected chi connectivity index (χ4v) is 2.90. The van der Waals surface area contributed by atoms with Gasteiger partial charge in [-0.1, -0.05) is 12.1 Å². The molecule has 0 radical (unpaired) electrons. The maximum absolute atomic E-state index is 13.6. The molecule has 0 saturated heterocycles. The zero-order valence-electron chi connectivity index (χ0n) is 15.6. The van der Waals surface area contributed by atoms with E-state index in [0.717, 1.165) is 17.8 Å². The van der Waals surface area contributed by atoms with E-state index in [2.05, 4.69) is 15.4 Å². The molecule has 7 nitrogen and oxygen atoms in total. The van der Waals surface area contributed by atoms with Gasteiger partial charge < -0.3 is 14.5 Å². The number of aromatic nitrogens is 3. The Kier molecular flexibility index (Phi) is 4.90. The number of nitrogens with zero attached hydrogens (tertiary/aromatic N) is 3. The van der Waals surface area contributed by atoms with Gasteiger partial charge in [-0.3, -0.25) is 4.79 Å². The van der Waals surface area contributed by atoms with Gasteiger partial charge in [-0.05, 0) is 35.9 Å². The van der Waals surface area contributed by atoms with Crippen molar-refractivity contribution in [2.75, 3.05) is 7.11 Å². The summed E-state index contributed by atoms with van der Waals surface area (Å²) in [5.74, 6) is 0.217. The number of amides is 1. The van der Waals surface area contributed by atoms with E-state index in [9.17, 15) is 18.0 Å². The summed E-state index contributed by atoms with van der Waals surface area (Å²) in [6.45, 7) is 0.171. The molecule has 1 aromatic carbocycles. The molecule has 0 aliphatic carbocycles. The third-order valence-corrected chi connectivity index (χ3v) is 4.39. The van der Waals surface area contributed by atoms with Gasteiger partial charge in [0.05, 0.1) is 19.6 Å². The first-order valence-electron chi connectivity index (χ1n) is 8.78. The second kappa shape index (κ2) is 7.54. The predicted octanol–water partition coefficient (Wildman–Crippen LogP) is 3.95. The summed E-state index contributed by atoms with van der Waals surface area (Å²) in [6, 6.07) is 10.9.